The van der Waals surface area contributed by atoms with Gasteiger partial charge in [0.15, 0.2) is 10.8 Å². The molecule has 0 aliphatic heterocycles. The molecule has 0 saturated carbocycles. The molecule has 7 nitrogen and oxygen atoms in total. The van der Waals surface area contributed by atoms with Crippen molar-refractivity contribution in [1.29, 1.82) is 5.41 Å². The largest absolute Gasteiger partial charge is 0.351 e. The van der Waals surface area contributed by atoms with Crippen LogP contribution in [0, 0.1) is 33.1 Å². The van der Waals surface area contributed by atoms with Crippen LogP contribution in [0.1, 0.15) is 27.9 Å². The fourth-order valence-corrected chi connectivity index (χ4v) is 4.33. The molecule has 0 spiro atoms. The molecule has 0 atom stereocenters. The van der Waals surface area contributed by atoms with Crippen LogP contribution in [-0.4, -0.2) is 31.4 Å². The molecule has 0 bridgehead atoms. The second kappa shape index (κ2) is 9.00. The number of nitrogens with one attached hydrogen (secondary N) is 3. The van der Waals surface area contributed by atoms with Crippen molar-refractivity contribution in [2.75, 3.05) is 5.75 Å². The van der Waals surface area contributed by atoms with Crippen LogP contribution in [0.2, 0.25) is 0 Å². The molecule has 32 heavy (non-hydrogen) atoms. The van der Waals surface area contributed by atoms with Crippen LogP contribution < -0.4 is 10.8 Å². The zero-order chi connectivity index (χ0) is 22.8. The first-order valence-electron chi connectivity index (χ1n) is 10.4. The van der Waals surface area contributed by atoms with E-state index in [-0.39, 0.29) is 11.7 Å². The van der Waals surface area contributed by atoms with Gasteiger partial charge in [0.1, 0.15) is 5.49 Å². The summed E-state index contributed by atoms with van der Waals surface area (Å²) in [6, 6.07) is 14.2. The van der Waals surface area contributed by atoms with Crippen LogP contribution >= 0.6 is 11.8 Å². The standard InChI is InChI=1S/C24H26N6OS/c1-14-6-9-18(10-7-14)12-26-20(31)13-32-24-27-23-21(17(4)28-29-23)22(25)30(24)19-11-15(2)5-8-16(19)3/h5-11,25H,12-13H2,1-4H3,(H,26,31)(H,28,29). The third-order valence-corrected chi connectivity index (χ3v) is 6.27. The number of nitrogens with zero attached hydrogens (tertiary/aromatic N) is 3. The Morgan fingerprint density at radius 3 is 2.56 bits per heavy atom. The topological polar surface area (TPSA) is 99.5 Å². The van der Waals surface area contributed by atoms with Gasteiger partial charge in [0.05, 0.1) is 16.8 Å². The summed E-state index contributed by atoms with van der Waals surface area (Å²) in [4.78, 5) is 17.2. The molecule has 0 fully saturated rings. The van der Waals surface area contributed by atoms with E-state index in [1.165, 1.54) is 17.3 Å². The molecule has 0 aliphatic carbocycles. The molecule has 3 N–H and O–H groups in total. The van der Waals surface area contributed by atoms with E-state index in [9.17, 15) is 4.79 Å². The number of carbonyl (C=O) groups excluding carboxylic acids is 1. The Morgan fingerprint density at radius 1 is 1.09 bits per heavy atom. The SMILES string of the molecule is Cc1ccc(CNC(=O)CSc2nc3n[nH]c(C)c3c(=N)n2-c2cc(C)ccc2C)cc1. The quantitative estimate of drug-likeness (QED) is 0.309. The van der Waals surface area contributed by atoms with Crippen LogP contribution in [0.5, 0.6) is 0 Å². The highest BCUT2D eigenvalue weighted by atomic mass is 32.2. The summed E-state index contributed by atoms with van der Waals surface area (Å²) in [5.41, 5.74) is 6.83. The van der Waals surface area contributed by atoms with Crippen molar-refractivity contribution in [1.82, 2.24) is 25.1 Å². The number of thioether (sulfide) groups is 1. The minimum atomic E-state index is -0.0882. The van der Waals surface area contributed by atoms with Crippen LogP contribution in [-0.2, 0) is 11.3 Å². The lowest BCUT2D eigenvalue weighted by atomic mass is 10.1. The summed E-state index contributed by atoms with van der Waals surface area (Å²) in [7, 11) is 0. The third kappa shape index (κ3) is 4.45. The lowest BCUT2D eigenvalue weighted by Gasteiger charge is -2.16. The van der Waals surface area contributed by atoms with Gasteiger partial charge in [-0.2, -0.15) is 5.10 Å². The van der Waals surface area contributed by atoms with Gasteiger partial charge in [-0.1, -0.05) is 53.7 Å². The monoisotopic (exact) mass is 446 g/mol. The normalized spacial score (nSPS) is 11.1. The Hall–Kier alpha value is -3.39. The highest BCUT2D eigenvalue weighted by Gasteiger charge is 2.17. The number of hydrogen-bond donors (Lipinski definition) is 3. The minimum absolute atomic E-state index is 0.0882. The predicted molar refractivity (Wildman–Crippen MR) is 127 cm³/mol. The second-order valence-corrected chi connectivity index (χ2v) is 8.91. The van der Waals surface area contributed by atoms with Gasteiger partial charge in [-0.05, 0) is 50.5 Å². The number of aromatic nitrogens is 4. The molecule has 0 aliphatic rings. The second-order valence-electron chi connectivity index (χ2n) is 7.97. The lowest BCUT2D eigenvalue weighted by Crippen LogP contribution is -2.26. The van der Waals surface area contributed by atoms with Gasteiger partial charge in [-0.3, -0.25) is 19.9 Å². The Labute approximate surface area is 190 Å². The first-order chi connectivity index (χ1) is 15.3. The Morgan fingerprint density at radius 2 is 1.81 bits per heavy atom. The van der Waals surface area contributed by atoms with E-state index in [0.717, 1.165) is 28.1 Å². The lowest BCUT2D eigenvalue weighted by molar-refractivity contribution is -0.118. The molecule has 8 heteroatoms. The van der Waals surface area contributed by atoms with Crippen molar-refractivity contribution in [3.05, 3.63) is 75.9 Å². The maximum Gasteiger partial charge on any atom is 0.230 e. The number of H-pyrrole nitrogens is 1. The van der Waals surface area contributed by atoms with Crippen molar-refractivity contribution in [2.45, 2.75) is 39.4 Å². The number of aryl methyl sites for hydroxylation is 4. The zero-order valence-corrected chi connectivity index (χ0v) is 19.4. The Balaban J connectivity index is 1.63. The predicted octanol–water partition coefficient (Wildman–Crippen LogP) is 3.87. The summed E-state index contributed by atoms with van der Waals surface area (Å²) in [5.74, 6) is 0.104. The van der Waals surface area contributed by atoms with Crippen molar-refractivity contribution in [3.63, 3.8) is 0 Å². The third-order valence-electron chi connectivity index (χ3n) is 5.33. The summed E-state index contributed by atoms with van der Waals surface area (Å²) in [6.45, 7) is 8.43. The molecular formula is C24H26N6OS. The molecule has 0 saturated heterocycles. The van der Waals surface area contributed by atoms with E-state index >= 15 is 0 Å². The molecule has 1 amide bonds. The smallest absolute Gasteiger partial charge is 0.230 e. The molecular weight excluding hydrogens is 420 g/mol. The maximum absolute atomic E-state index is 12.5. The van der Waals surface area contributed by atoms with Crippen LogP contribution in [0.15, 0.2) is 47.6 Å². The van der Waals surface area contributed by atoms with Gasteiger partial charge >= 0.3 is 0 Å². The zero-order valence-electron chi connectivity index (χ0n) is 18.6. The number of benzene rings is 2. The fourth-order valence-electron chi connectivity index (χ4n) is 3.50. The first kappa shape index (κ1) is 21.8. The number of carbonyl (C=O) groups is 1. The molecule has 2 aromatic carbocycles. The van der Waals surface area contributed by atoms with Crippen molar-refractivity contribution < 1.29 is 4.79 Å². The summed E-state index contributed by atoms with van der Waals surface area (Å²) in [6.07, 6.45) is 0. The van der Waals surface area contributed by atoms with Crippen LogP contribution in [0.4, 0.5) is 0 Å². The van der Waals surface area contributed by atoms with E-state index in [1.54, 1.807) is 0 Å². The van der Waals surface area contributed by atoms with Gasteiger partial charge in [0, 0.05) is 12.2 Å². The molecule has 0 radical (unpaired) electrons. The van der Waals surface area contributed by atoms with Gasteiger partial charge in [-0.25, -0.2) is 4.98 Å². The molecule has 4 aromatic rings. The number of aromatic amines is 1. The highest BCUT2D eigenvalue weighted by molar-refractivity contribution is 7.99. The van der Waals surface area contributed by atoms with E-state index < -0.39 is 0 Å². The maximum atomic E-state index is 12.5. The minimum Gasteiger partial charge on any atom is -0.351 e. The number of fused-ring (bicyclic) bond motifs is 1. The van der Waals surface area contributed by atoms with Crippen molar-refractivity contribution >= 4 is 28.7 Å². The molecule has 2 aromatic heterocycles. The van der Waals surface area contributed by atoms with E-state index in [2.05, 4.69) is 20.5 Å². The van der Waals surface area contributed by atoms with Gasteiger partial charge in [0.25, 0.3) is 0 Å². The summed E-state index contributed by atoms with van der Waals surface area (Å²) >= 11 is 1.31. The van der Waals surface area contributed by atoms with Crippen molar-refractivity contribution in [2.24, 2.45) is 0 Å². The Bertz CT molecular complexity index is 1350. The summed E-state index contributed by atoms with van der Waals surface area (Å²) in [5, 5.41) is 20.3. The molecule has 2 heterocycles. The van der Waals surface area contributed by atoms with Crippen molar-refractivity contribution in [3.8, 4) is 5.69 Å². The number of hydrogen-bond acceptors (Lipinski definition) is 5. The highest BCUT2D eigenvalue weighted by Crippen LogP contribution is 2.24. The molecule has 164 valence electrons. The average Bonchev–Trinajstić information content (AvgIpc) is 3.14. The van der Waals surface area contributed by atoms with Gasteiger partial charge in [-0.15, -0.1) is 0 Å². The Kier molecular flexibility index (Phi) is 6.14. The van der Waals surface area contributed by atoms with Crippen LogP contribution in [0.25, 0.3) is 16.7 Å². The van der Waals surface area contributed by atoms with Crippen LogP contribution in [0.3, 0.4) is 0 Å². The van der Waals surface area contributed by atoms with Gasteiger partial charge in [0.2, 0.25) is 5.91 Å². The van der Waals surface area contributed by atoms with E-state index in [4.69, 9.17) is 5.41 Å². The average molecular weight is 447 g/mol. The van der Waals surface area contributed by atoms with Gasteiger partial charge < -0.3 is 5.32 Å². The number of amides is 1. The molecule has 4 rings (SSSR count). The summed E-state index contributed by atoms with van der Waals surface area (Å²) < 4.78 is 1.81. The van der Waals surface area contributed by atoms with E-state index in [1.807, 2.05) is 74.7 Å². The number of rotatable bonds is 6. The molecule has 0 unspecified atom stereocenters. The van der Waals surface area contributed by atoms with E-state index in [0.29, 0.717) is 28.2 Å². The first-order valence-corrected chi connectivity index (χ1v) is 11.4. The fraction of sp³-hybridized carbons (Fsp3) is 0.250.